The van der Waals surface area contributed by atoms with Crippen LogP contribution in [0.1, 0.15) is 0 Å². The van der Waals surface area contributed by atoms with Crippen molar-refractivity contribution in [3.63, 3.8) is 0 Å². The van der Waals surface area contributed by atoms with E-state index in [0.717, 1.165) is 0 Å². The quantitative estimate of drug-likeness (QED) is 0.522. The average molecular weight is 141 g/mol. The molecule has 0 saturated heterocycles. The van der Waals surface area contributed by atoms with Gasteiger partial charge in [0.2, 0.25) is 0 Å². The van der Waals surface area contributed by atoms with Crippen LogP contribution < -0.4 is 0 Å². The van der Waals surface area contributed by atoms with Gasteiger partial charge in [-0.2, -0.15) is 13.9 Å². The average Bonchev–Trinajstić information content (AvgIpc) is 1.83. The zero-order valence-corrected chi connectivity index (χ0v) is 5.63. The van der Waals surface area contributed by atoms with Crippen molar-refractivity contribution in [2.24, 2.45) is 0 Å². The molecule has 0 radical (unpaired) electrons. The lowest BCUT2D eigenvalue weighted by Crippen LogP contribution is -1.94. The van der Waals surface area contributed by atoms with Crippen molar-refractivity contribution in [2.45, 2.75) is 0 Å². The van der Waals surface area contributed by atoms with Gasteiger partial charge in [-0.15, -0.1) is 0 Å². The molecule has 0 spiro atoms. The van der Waals surface area contributed by atoms with E-state index in [4.69, 9.17) is 10.00 Å². The van der Waals surface area contributed by atoms with Crippen LogP contribution in [0.25, 0.3) is 0 Å². The summed E-state index contributed by atoms with van der Waals surface area (Å²) in [7, 11) is -0.699. The van der Waals surface area contributed by atoms with E-state index in [2.05, 4.69) is 9.05 Å². The minimum Gasteiger partial charge on any atom is -0.394 e. The van der Waals surface area contributed by atoms with Gasteiger partial charge >= 0.3 is 8.60 Å². The Morgan fingerprint density at radius 2 is 2.25 bits per heavy atom. The first kappa shape index (κ1) is 8.27. The Balaban J connectivity index is 2.86. The Morgan fingerprint density at radius 1 is 1.62 bits per heavy atom. The summed E-state index contributed by atoms with van der Waals surface area (Å²) >= 11 is 0. The van der Waals surface area contributed by atoms with Crippen LogP contribution >= 0.6 is 8.60 Å². The highest BCUT2D eigenvalue weighted by Crippen LogP contribution is 2.30. The summed E-state index contributed by atoms with van der Waals surface area (Å²) in [5.41, 5.74) is 0. The normalized spacial score (nSPS) is 13.9. The Labute approximate surface area is 49.0 Å². The summed E-state index contributed by atoms with van der Waals surface area (Å²) in [6.45, 7) is 0.0523. The summed E-state index contributed by atoms with van der Waals surface area (Å²) in [4.78, 5) is 8.54. The van der Waals surface area contributed by atoms with Gasteiger partial charge in [0.05, 0.1) is 13.7 Å². The Hall–Kier alpha value is 0.270. The number of hydrogen-bond acceptors (Lipinski definition) is 4. The van der Waals surface area contributed by atoms with Crippen molar-refractivity contribution >= 4 is 8.60 Å². The van der Waals surface area contributed by atoms with E-state index < -0.39 is 8.60 Å². The zero-order chi connectivity index (χ0) is 6.41. The van der Waals surface area contributed by atoms with Crippen LogP contribution in [0.4, 0.5) is 0 Å². The minimum atomic E-state index is -2.05. The third-order valence-corrected chi connectivity index (χ3v) is 1.29. The van der Waals surface area contributed by atoms with Crippen LogP contribution in [0.2, 0.25) is 0 Å². The molecule has 0 aromatic carbocycles. The Kier molecular flexibility index (Phi) is 5.59. The molecule has 0 saturated carbocycles. The van der Waals surface area contributed by atoms with Gasteiger partial charge in [-0.25, -0.2) is 0 Å². The van der Waals surface area contributed by atoms with E-state index in [-0.39, 0.29) is 13.2 Å². The van der Waals surface area contributed by atoms with Gasteiger partial charge in [0, 0.05) is 0 Å². The second kappa shape index (κ2) is 5.41. The van der Waals surface area contributed by atoms with Gasteiger partial charge in [0.15, 0.2) is 0 Å². The molecule has 0 aliphatic carbocycles. The van der Waals surface area contributed by atoms with E-state index in [1.54, 1.807) is 0 Å². The molecule has 1 atom stereocenters. The van der Waals surface area contributed by atoms with Gasteiger partial charge in [0.1, 0.15) is 6.61 Å². The summed E-state index contributed by atoms with van der Waals surface area (Å²) in [5, 5.41) is 8.14. The topological polar surface area (TPSA) is 58.9 Å². The number of rotatable bonds is 4. The van der Waals surface area contributed by atoms with Crippen molar-refractivity contribution in [1.29, 1.82) is 0 Å². The molecule has 0 aliphatic rings. The first-order chi connectivity index (χ1) is 3.81. The zero-order valence-electron chi connectivity index (χ0n) is 4.63. The molecule has 8 heavy (non-hydrogen) atoms. The van der Waals surface area contributed by atoms with Crippen molar-refractivity contribution in [3.05, 3.63) is 0 Å². The first-order valence-corrected chi connectivity index (χ1v) is 3.41. The predicted molar refractivity (Wildman–Crippen MR) is 30.6 cm³/mol. The lowest BCUT2D eigenvalue weighted by atomic mass is 10.8. The van der Waals surface area contributed by atoms with E-state index in [9.17, 15) is 0 Å². The highest BCUT2D eigenvalue weighted by molar-refractivity contribution is 7.40. The standard InChI is InChI=1S/C3H10O4P/c1-6-8(5)7-3-2-4/h4-5,8H,2-3H2,1H3/q+1. The Bertz CT molecular complexity index is 50.5. The number of hydrogen-bond donors (Lipinski definition) is 2. The minimum absolute atomic E-state index is 0.0852. The van der Waals surface area contributed by atoms with Crippen LogP contribution in [0.15, 0.2) is 0 Å². The maximum Gasteiger partial charge on any atom is 0.395 e. The number of aliphatic hydroxyl groups is 1. The highest BCUT2D eigenvalue weighted by Gasteiger charge is 2.08. The molecule has 5 heteroatoms. The van der Waals surface area contributed by atoms with E-state index in [1.807, 2.05) is 0 Å². The monoisotopic (exact) mass is 141 g/mol. The molecule has 0 amide bonds. The van der Waals surface area contributed by atoms with Crippen LogP contribution in [-0.2, 0) is 9.05 Å². The SMILES string of the molecule is CO[PH+](O)OCCO. The largest absolute Gasteiger partial charge is 0.395 e. The third-order valence-electron chi connectivity index (χ3n) is 0.491. The Morgan fingerprint density at radius 3 is 2.62 bits per heavy atom. The van der Waals surface area contributed by atoms with Crippen molar-refractivity contribution in [1.82, 2.24) is 0 Å². The molecule has 0 rings (SSSR count). The van der Waals surface area contributed by atoms with Gasteiger partial charge < -0.3 is 5.11 Å². The smallest absolute Gasteiger partial charge is 0.394 e. The summed E-state index contributed by atoms with van der Waals surface area (Å²) in [6, 6.07) is 0. The number of aliphatic hydroxyl groups excluding tert-OH is 1. The summed E-state index contributed by atoms with van der Waals surface area (Å²) in [6.07, 6.45) is 0. The van der Waals surface area contributed by atoms with Crippen LogP contribution in [0.3, 0.4) is 0 Å². The lowest BCUT2D eigenvalue weighted by Gasteiger charge is -1.94. The molecular formula is C3H10O4P+. The maximum atomic E-state index is 8.54. The second-order valence-electron chi connectivity index (χ2n) is 1.04. The van der Waals surface area contributed by atoms with Gasteiger partial charge in [0.25, 0.3) is 0 Å². The molecule has 0 aromatic rings. The van der Waals surface area contributed by atoms with Crippen molar-refractivity contribution in [3.8, 4) is 0 Å². The third kappa shape index (κ3) is 4.43. The molecular weight excluding hydrogens is 131 g/mol. The fourth-order valence-electron chi connectivity index (χ4n) is 0.192. The molecule has 50 valence electrons. The van der Waals surface area contributed by atoms with Gasteiger partial charge in [-0.3, -0.25) is 0 Å². The van der Waals surface area contributed by atoms with E-state index in [0.29, 0.717) is 0 Å². The molecule has 0 bridgehead atoms. The van der Waals surface area contributed by atoms with E-state index >= 15 is 0 Å². The molecule has 1 unspecified atom stereocenters. The van der Waals surface area contributed by atoms with Crippen molar-refractivity contribution < 1.29 is 19.0 Å². The molecule has 0 aromatic heterocycles. The fraction of sp³-hybridized carbons (Fsp3) is 1.00. The van der Waals surface area contributed by atoms with Crippen LogP contribution in [-0.4, -0.2) is 30.3 Å². The lowest BCUT2D eigenvalue weighted by molar-refractivity contribution is 0.171. The molecule has 4 nitrogen and oxygen atoms in total. The fourth-order valence-corrected chi connectivity index (χ4v) is 0.576. The molecule has 2 N–H and O–H groups in total. The van der Waals surface area contributed by atoms with Gasteiger partial charge in [-0.1, -0.05) is 0 Å². The molecule has 0 fully saturated rings. The second-order valence-corrected chi connectivity index (χ2v) is 2.27. The van der Waals surface area contributed by atoms with E-state index in [1.165, 1.54) is 7.11 Å². The first-order valence-electron chi connectivity index (χ1n) is 2.15. The molecule has 0 aliphatic heterocycles. The predicted octanol–water partition coefficient (Wildman–Crippen LogP) is -0.407. The molecule has 0 heterocycles. The van der Waals surface area contributed by atoms with Crippen LogP contribution in [0.5, 0.6) is 0 Å². The van der Waals surface area contributed by atoms with Gasteiger partial charge in [-0.05, 0) is 0 Å². The summed E-state index contributed by atoms with van der Waals surface area (Å²) in [5.74, 6) is 0. The maximum absolute atomic E-state index is 8.54. The summed E-state index contributed by atoms with van der Waals surface area (Å²) < 4.78 is 8.90. The van der Waals surface area contributed by atoms with Crippen LogP contribution in [0, 0.1) is 0 Å². The highest BCUT2D eigenvalue weighted by atomic mass is 31.2. The van der Waals surface area contributed by atoms with Crippen molar-refractivity contribution in [2.75, 3.05) is 20.3 Å².